The number of carbonyl (C=O) groups is 1. The summed E-state index contributed by atoms with van der Waals surface area (Å²) in [7, 11) is 0. The zero-order chi connectivity index (χ0) is 18.1. The highest BCUT2D eigenvalue weighted by molar-refractivity contribution is 5.95. The summed E-state index contributed by atoms with van der Waals surface area (Å²) < 4.78 is 0. The van der Waals surface area contributed by atoms with Gasteiger partial charge in [0.2, 0.25) is 0 Å². The van der Waals surface area contributed by atoms with Gasteiger partial charge in [-0.2, -0.15) is 0 Å². The first-order valence-corrected chi connectivity index (χ1v) is 9.65. The average molecular weight is 346 g/mol. The van der Waals surface area contributed by atoms with Crippen LogP contribution in [0.5, 0.6) is 0 Å². The molecule has 8 atom stereocenters. The fourth-order valence-electron chi connectivity index (χ4n) is 6.94. The Morgan fingerprint density at radius 1 is 1.16 bits per heavy atom. The second-order valence-electron chi connectivity index (χ2n) is 9.25. The van der Waals surface area contributed by atoms with Gasteiger partial charge < -0.3 is 15.3 Å². The number of hydrogen-bond acceptors (Lipinski definition) is 4. The Morgan fingerprint density at radius 2 is 1.88 bits per heavy atom. The Labute approximate surface area is 149 Å². The number of carbonyl (C=O) groups excluding carboxylic acids is 1. The predicted molar refractivity (Wildman–Crippen MR) is 94.6 cm³/mol. The molecule has 0 spiro atoms. The number of fused-ring (bicyclic) bond motifs is 5. The molecule has 4 rings (SSSR count). The SMILES string of the molecule is CC(=O)C1=CC[C@H]2[C@H]3CC=C4C[C@@H](O)C[C@@H](O)[C@]4(C)[C@@H]3[C@@H](O)C[C@@]12C. The molecule has 2 saturated carbocycles. The first-order chi connectivity index (χ1) is 11.7. The topological polar surface area (TPSA) is 77.8 Å². The van der Waals surface area contributed by atoms with Crippen LogP contribution in [0.3, 0.4) is 0 Å². The maximum atomic E-state index is 12.1. The molecule has 0 aromatic rings. The van der Waals surface area contributed by atoms with Crippen LogP contribution >= 0.6 is 0 Å². The van der Waals surface area contributed by atoms with Gasteiger partial charge in [0.15, 0.2) is 5.78 Å². The molecule has 0 radical (unpaired) electrons. The monoisotopic (exact) mass is 346 g/mol. The van der Waals surface area contributed by atoms with Gasteiger partial charge in [-0.15, -0.1) is 0 Å². The van der Waals surface area contributed by atoms with Crippen molar-refractivity contribution in [3.05, 3.63) is 23.3 Å². The largest absolute Gasteiger partial charge is 0.393 e. The van der Waals surface area contributed by atoms with Crippen molar-refractivity contribution in [2.24, 2.45) is 28.6 Å². The summed E-state index contributed by atoms with van der Waals surface area (Å²) >= 11 is 0. The van der Waals surface area contributed by atoms with Crippen molar-refractivity contribution in [3.8, 4) is 0 Å². The summed E-state index contributed by atoms with van der Waals surface area (Å²) in [5.74, 6) is 0.719. The average Bonchev–Trinajstić information content (AvgIpc) is 2.85. The van der Waals surface area contributed by atoms with Crippen molar-refractivity contribution < 1.29 is 20.1 Å². The minimum Gasteiger partial charge on any atom is -0.393 e. The summed E-state index contributed by atoms with van der Waals surface area (Å²) in [5, 5.41) is 32.1. The van der Waals surface area contributed by atoms with E-state index in [0.29, 0.717) is 25.2 Å². The van der Waals surface area contributed by atoms with Crippen LogP contribution < -0.4 is 0 Å². The Balaban J connectivity index is 1.75. The van der Waals surface area contributed by atoms with Crippen molar-refractivity contribution in [2.75, 3.05) is 0 Å². The van der Waals surface area contributed by atoms with Crippen LogP contribution in [0.4, 0.5) is 0 Å². The van der Waals surface area contributed by atoms with Gasteiger partial charge in [-0.05, 0) is 55.9 Å². The molecule has 4 nitrogen and oxygen atoms in total. The highest BCUT2D eigenvalue weighted by Crippen LogP contribution is 2.64. The van der Waals surface area contributed by atoms with Gasteiger partial charge in [-0.25, -0.2) is 0 Å². The lowest BCUT2D eigenvalue weighted by atomic mass is 9.46. The normalized spacial score (nSPS) is 51.8. The summed E-state index contributed by atoms with van der Waals surface area (Å²) in [5.41, 5.74) is 1.27. The second-order valence-corrected chi connectivity index (χ2v) is 9.25. The Kier molecular flexibility index (Phi) is 3.85. The Hall–Kier alpha value is -0.970. The smallest absolute Gasteiger partial charge is 0.156 e. The van der Waals surface area contributed by atoms with E-state index < -0.39 is 23.7 Å². The first kappa shape index (κ1) is 17.4. The third-order valence-corrected chi connectivity index (χ3v) is 8.08. The highest BCUT2D eigenvalue weighted by Gasteiger charge is 2.62. The molecular formula is C21H30O4. The van der Waals surface area contributed by atoms with Crippen LogP contribution in [-0.4, -0.2) is 39.4 Å². The number of Topliss-reactive ketones (excluding diaryl/α,β-unsaturated/α-hetero) is 1. The lowest BCUT2D eigenvalue weighted by molar-refractivity contribution is -0.148. The molecule has 0 heterocycles. The number of aliphatic hydroxyl groups is 3. The maximum Gasteiger partial charge on any atom is 0.156 e. The molecule has 4 heteroatoms. The minimum atomic E-state index is -0.629. The van der Waals surface area contributed by atoms with Crippen LogP contribution in [-0.2, 0) is 4.79 Å². The maximum absolute atomic E-state index is 12.1. The van der Waals surface area contributed by atoms with Crippen molar-refractivity contribution in [1.82, 2.24) is 0 Å². The van der Waals surface area contributed by atoms with E-state index in [2.05, 4.69) is 26.0 Å². The van der Waals surface area contributed by atoms with Gasteiger partial charge in [0, 0.05) is 17.3 Å². The predicted octanol–water partition coefficient (Wildman–Crippen LogP) is 2.38. The summed E-state index contributed by atoms with van der Waals surface area (Å²) in [4.78, 5) is 12.1. The van der Waals surface area contributed by atoms with Gasteiger partial charge >= 0.3 is 0 Å². The molecule has 0 amide bonds. The summed E-state index contributed by atoms with van der Waals surface area (Å²) in [6.07, 6.45) is 5.95. The minimum absolute atomic E-state index is 0.00668. The molecular weight excluding hydrogens is 316 g/mol. The highest BCUT2D eigenvalue weighted by atomic mass is 16.3. The zero-order valence-corrected chi connectivity index (χ0v) is 15.4. The van der Waals surface area contributed by atoms with E-state index in [9.17, 15) is 20.1 Å². The molecule has 0 aromatic heterocycles. The van der Waals surface area contributed by atoms with Crippen LogP contribution in [0.2, 0.25) is 0 Å². The van der Waals surface area contributed by atoms with E-state index in [1.54, 1.807) is 6.92 Å². The van der Waals surface area contributed by atoms with Crippen molar-refractivity contribution in [3.63, 3.8) is 0 Å². The van der Waals surface area contributed by atoms with E-state index in [1.807, 2.05) is 0 Å². The van der Waals surface area contributed by atoms with Gasteiger partial charge in [-0.3, -0.25) is 4.79 Å². The molecule has 4 aliphatic carbocycles. The quantitative estimate of drug-likeness (QED) is 0.637. The van der Waals surface area contributed by atoms with Crippen LogP contribution in [0.25, 0.3) is 0 Å². The lowest BCUT2D eigenvalue weighted by Gasteiger charge is -2.60. The van der Waals surface area contributed by atoms with Gasteiger partial charge in [-0.1, -0.05) is 31.6 Å². The Bertz CT molecular complexity index is 665. The van der Waals surface area contributed by atoms with Crippen molar-refractivity contribution in [1.29, 1.82) is 0 Å². The van der Waals surface area contributed by atoms with E-state index in [0.717, 1.165) is 24.0 Å². The number of allylic oxidation sites excluding steroid dienone is 3. The van der Waals surface area contributed by atoms with Crippen molar-refractivity contribution in [2.45, 2.75) is 71.2 Å². The summed E-state index contributed by atoms with van der Waals surface area (Å²) in [6, 6.07) is 0. The van der Waals surface area contributed by atoms with Crippen LogP contribution in [0.1, 0.15) is 52.9 Å². The molecule has 0 unspecified atom stereocenters. The molecule has 2 fully saturated rings. The standard InChI is InChI=1S/C21H30O4/c1-11(22)15-6-7-16-14-5-4-12-8-13(23)9-18(25)21(12,3)19(14)17(24)10-20(15,16)2/h4,6,13-14,16-19,23-25H,5,7-10H2,1-3H3/t13-,14-,16+,17+,18-,19+,20+,21-/m1/s1. The van der Waals surface area contributed by atoms with E-state index in [1.165, 1.54) is 0 Å². The molecule has 3 N–H and O–H groups in total. The zero-order valence-electron chi connectivity index (χ0n) is 15.4. The lowest BCUT2D eigenvalue weighted by Crippen LogP contribution is -2.60. The first-order valence-electron chi connectivity index (χ1n) is 9.65. The Morgan fingerprint density at radius 3 is 2.56 bits per heavy atom. The van der Waals surface area contributed by atoms with E-state index in [4.69, 9.17) is 0 Å². The molecule has 4 aliphatic rings. The van der Waals surface area contributed by atoms with Crippen LogP contribution in [0.15, 0.2) is 23.3 Å². The molecule has 0 aliphatic heterocycles. The fourth-order valence-corrected chi connectivity index (χ4v) is 6.94. The molecule has 25 heavy (non-hydrogen) atoms. The molecule has 0 bridgehead atoms. The third-order valence-electron chi connectivity index (χ3n) is 8.08. The van der Waals surface area contributed by atoms with Gasteiger partial charge in [0.1, 0.15) is 0 Å². The molecule has 0 aromatic carbocycles. The molecule has 0 saturated heterocycles. The fraction of sp³-hybridized carbons (Fsp3) is 0.762. The number of rotatable bonds is 1. The number of ketones is 1. The van der Waals surface area contributed by atoms with E-state index >= 15 is 0 Å². The van der Waals surface area contributed by atoms with Gasteiger partial charge in [0.25, 0.3) is 0 Å². The third kappa shape index (κ3) is 2.20. The van der Waals surface area contributed by atoms with Gasteiger partial charge in [0.05, 0.1) is 18.3 Å². The van der Waals surface area contributed by atoms with Crippen molar-refractivity contribution >= 4 is 5.78 Å². The van der Waals surface area contributed by atoms with Crippen LogP contribution in [0, 0.1) is 28.6 Å². The van der Waals surface area contributed by atoms with E-state index in [-0.39, 0.29) is 23.0 Å². The number of hydrogen-bond donors (Lipinski definition) is 3. The molecule has 138 valence electrons. The second kappa shape index (κ2) is 5.51. The summed E-state index contributed by atoms with van der Waals surface area (Å²) in [6.45, 7) is 5.84. The number of aliphatic hydroxyl groups excluding tert-OH is 3.